The molecular weight excluding hydrogens is 325 g/mol. The number of carbonyl (C=O) groups excluding carboxylic acids is 1. The molecule has 0 spiro atoms. The van der Waals surface area contributed by atoms with E-state index in [1.807, 2.05) is 0 Å². The quantitative estimate of drug-likeness (QED) is 0.528. The number of H-pyrrole nitrogens is 1. The van der Waals surface area contributed by atoms with Crippen molar-refractivity contribution in [3.8, 4) is 11.5 Å². The topological polar surface area (TPSA) is 60.6 Å². The van der Waals surface area contributed by atoms with E-state index in [4.69, 9.17) is 14.2 Å². The molecule has 1 N–H and O–H groups in total. The van der Waals surface area contributed by atoms with Crippen LogP contribution in [0.3, 0.4) is 0 Å². The monoisotopic (exact) mass is 351 g/mol. The fourth-order valence-corrected chi connectivity index (χ4v) is 2.49. The standard InChI is InChI=1S/C19H26FNO4/c1-5-6-7-10-24-18(22)13-11-21-14-8-9-15(17(23-4)16(13)14)25-12-19(2,3)20/h8-9,11,21H,5-7,10,12H2,1-4H3. The molecule has 0 bridgehead atoms. The van der Waals surface area contributed by atoms with Crippen LogP contribution in [-0.4, -0.2) is 36.9 Å². The lowest BCUT2D eigenvalue weighted by Crippen LogP contribution is -2.22. The van der Waals surface area contributed by atoms with Crippen molar-refractivity contribution in [2.45, 2.75) is 45.7 Å². The number of aromatic nitrogens is 1. The molecule has 0 aliphatic heterocycles. The number of carbonyl (C=O) groups is 1. The zero-order chi connectivity index (χ0) is 18.4. The van der Waals surface area contributed by atoms with Gasteiger partial charge in [-0.1, -0.05) is 19.8 Å². The normalized spacial score (nSPS) is 11.6. The first kappa shape index (κ1) is 19.1. The van der Waals surface area contributed by atoms with E-state index in [1.54, 1.807) is 18.3 Å². The van der Waals surface area contributed by atoms with Gasteiger partial charge in [-0.3, -0.25) is 0 Å². The number of aromatic amines is 1. The molecule has 2 rings (SSSR count). The largest absolute Gasteiger partial charge is 0.492 e. The van der Waals surface area contributed by atoms with Crippen molar-refractivity contribution in [1.82, 2.24) is 4.98 Å². The molecule has 1 aromatic carbocycles. The summed E-state index contributed by atoms with van der Waals surface area (Å²) >= 11 is 0. The number of benzene rings is 1. The average Bonchev–Trinajstić information content (AvgIpc) is 2.99. The minimum absolute atomic E-state index is 0.115. The molecule has 0 atom stereocenters. The molecule has 2 aromatic rings. The van der Waals surface area contributed by atoms with Crippen LogP contribution in [-0.2, 0) is 4.74 Å². The third-order valence-corrected chi connectivity index (χ3v) is 3.74. The van der Waals surface area contributed by atoms with E-state index in [0.717, 1.165) is 24.8 Å². The number of halogens is 1. The molecule has 0 saturated carbocycles. The van der Waals surface area contributed by atoms with Crippen molar-refractivity contribution in [3.63, 3.8) is 0 Å². The number of fused-ring (bicyclic) bond motifs is 1. The minimum atomic E-state index is -1.47. The minimum Gasteiger partial charge on any atom is -0.492 e. The number of nitrogens with one attached hydrogen (secondary N) is 1. The summed E-state index contributed by atoms with van der Waals surface area (Å²) in [6.45, 7) is 5.23. The van der Waals surface area contributed by atoms with Crippen LogP contribution in [0.5, 0.6) is 11.5 Å². The van der Waals surface area contributed by atoms with Crippen molar-refractivity contribution in [1.29, 1.82) is 0 Å². The summed E-state index contributed by atoms with van der Waals surface area (Å²) in [5.74, 6) is 0.368. The number of methoxy groups -OCH3 is 1. The smallest absolute Gasteiger partial charge is 0.340 e. The number of hydrogen-bond donors (Lipinski definition) is 1. The van der Waals surface area contributed by atoms with Gasteiger partial charge in [0.25, 0.3) is 0 Å². The highest BCUT2D eigenvalue weighted by atomic mass is 19.1. The maximum Gasteiger partial charge on any atom is 0.340 e. The zero-order valence-electron chi connectivity index (χ0n) is 15.3. The molecule has 0 amide bonds. The van der Waals surface area contributed by atoms with Gasteiger partial charge in [0.05, 0.1) is 30.2 Å². The Labute approximate surface area is 147 Å². The summed E-state index contributed by atoms with van der Waals surface area (Å²) in [7, 11) is 1.49. The molecule has 0 radical (unpaired) electrons. The first-order valence-corrected chi connectivity index (χ1v) is 8.54. The van der Waals surface area contributed by atoms with E-state index < -0.39 is 11.6 Å². The van der Waals surface area contributed by atoms with Crippen LogP contribution >= 0.6 is 0 Å². The van der Waals surface area contributed by atoms with Crippen LogP contribution in [0.15, 0.2) is 18.3 Å². The lowest BCUT2D eigenvalue weighted by atomic mass is 10.1. The second-order valence-electron chi connectivity index (χ2n) is 6.57. The fraction of sp³-hybridized carbons (Fsp3) is 0.526. The molecule has 25 heavy (non-hydrogen) atoms. The van der Waals surface area contributed by atoms with Crippen molar-refractivity contribution in [2.24, 2.45) is 0 Å². The number of esters is 1. The SMILES string of the molecule is CCCCCOC(=O)c1c[nH]c2ccc(OCC(C)(C)F)c(OC)c12. The molecular formula is C19H26FNO4. The molecule has 5 nitrogen and oxygen atoms in total. The third kappa shape index (κ3) is 4.87. The summed E-state index contributed by atoms with van der Waals surface area (Å²) < 4.78 is 30.1. The van der Waals surface area contributed by atoms with Gasteiger partial charge in [-0.25, -0.2) is 9.18 Å². The molecule has 0 unspecified atom stereocenters. The van der Waals surface area contributed by atoms with Crippen molar-refractivity contribution in [3.05, 3.63) is 23.9 Å². The van der Waals surface area contributed by atoms with Gasteiger partial charge in [0, 0.05) is 6.20 Å². The predicted octanol–water partition coefficient (Wildman–Crippen LogP) is 4.65. The van der Waals surface area contributed by atoms with Gasteiger partial charge in [0.2, 0.25) is 0 Å². The zero-order valence-corrected chi connectivity index (χ0v) is 15.3. The molecule has 1 aromatic heterocycles. The first-order valence-electron chi connectivity index (χ1n) is 8.54. The van der Waals surface area contributed by atoms with Crippen LogP contribution < -0.4 is 9.47 Å². The van der Waals surface area contributed by atoms with Crippen LogP contribution in [0.4, 0.5) is 4.39 Å². The Morgan fingerprint density at radius 2 is 2.04 bits per heavy atom. The van der Waals surface area contributed by atoms with Crippen LogP contribution in [0, 0.1) is 0 Å². The van der Waals surface area contributed by atoms with Crippen LogP contribution in [0.25, 0.3) is 10.9 Å². The number of unbranched alkanes of at least 4 members (excludes halogenated alkanes) is 2. The molecule has 0 aliphatic carbocycles. The Morgan fingerprint density at radius 3 is 2.68 bits per heavy atom. The Balaban J connectivity index is 2.28. The van der Waals surface area contributed by atoms with Gasteiger partial charge in [0.15, 0.2) is 11.5 Å². The highest BCUT2D eigenvalue weighted by Crippen LogP contribution is 2.38. The van der Waals surface area contributed by atoms with E-state index in [0.29, 0.717) is 29.1 Å². The van der Waals surface area contributed by atoms with Gasteiger partial charge in [-0.2, -0.15) is 0 Å². The van der Waals surface area contributed by atoms with Crippen molar-refractivity contribution >= 4 is 16.9 Å². The van der Waals surface area contributed by atoms with Crippen LogP contribution in [0.1, 0.15) is 50.4 Å². The highest BCUT2D eigenvalue weighted by molar-refractivity contribution is 6.07. The Kier molecular flexibility index (Phi) is 6.28. The molecule has 138 valence electrons. The number of alkyl halides is 1. The Hall–Kier alpha value is -2.24. The Bertz CT molecular complexity index is 718. The maximum absolute atomic E-state index is 13.7. The van der Waals surface area contributed by atoms with Gasteiger partial charge >= 0.3 is 5.97 Å². The molecule has 0 fully saturated rings. The number of rotatable bonds is 9. The maximum atomic E-state index is 13.7. The summed E-state index contributed by atoms with van der Waals surface area (Å²) in [5.41, 5.74) is -0.364. The Morgan fingerprint density at radius 1 is 1.28 bits per heavy atom. The lowest BCUT2D eigenvalue weighted by Gasteiger charge is -2.17. The second-order valence-corrected chi connectivity index (χ2v) is 6.57. The van der Waals surface area contributed by atoms with E-state index in [-0.39, 0.29) is 6.61 Å². The fourth-order valence-electron chi connectivity index (χ4n) is 2.49. The van der Waals surface area contributed by atoms with Gasteiger partial charge < -0.3 is 19.2 Å². The van der Waals surface area contributed by atoms with Gasteiger partial charge in [0.1, 0.15) is 12.3 Å². The average molecular weight is 351 g/mol. The van der Waals surface area contributed by atoms with E-state index in [2.05, 4.69) is 11.9 Å². The lowest BCUT2D eigenvalue weighted by molar-refractivity contribution is 0.0500. The summed E-state index contributed by atoms with van der Waals surface area (Å²) in [6, 6.07) is 3.46. The number of hydrogen-bond acceptors (Lipinski definition) is 4. The van der Waals surface area contributed by atoms with E-state index >= 15 is 0 Å². The van der Waals surface area contributed by atoms with E-state index in [1.165, 1.54) is 21.0 Å². The summed E-state index contributed by atoms with van der Waals surface area (Å²) in [6.07, 6.45) is 4.51. The summed E-state index contributed by atoms with van der Waals surface area (Å²) in [4.78, 5) is 15.4. The van der Waals surface area contributed by atoms with Crippen LogP contribution in [0.2, 0.25) is 0 Å². The molecule has 0 aliphatic rings. The molecule has 6 heteroatoms. The van der Waals surface area contributed by atoms with Crippen molar-refractivity contribution < 1.29 is 23.4 Å². The highest BCUT2D eigenvalue weighted by Gasteiger charge is 2.22. The van der Waals surface area contributed by atoms with Gasteiger partial charge in [-0.05, 0) is 32.4 Å². The first-order chi connectivity index (χ1) is 11.9. The third-order valence-electron chi connectivity index (χ3n) is 3.74. The predicted molar refractivity (Wildman–Crippen MR) is 95.3 cm³/mol. The molecule has 0 saturated heterocycles. The van der Waals surface area contributed by atoms with Crippen molar-refractivity contribution in [2.75, 3.05) is 20.3 Å². The molecule has 1 heterocycles. The van der Waals surface area contributed by atoms with E-state index in [9.17, 15) is 9.18 Å². The van der Waals surface area contributed by atoms with Gasteiger partial charge in [-0.15, -0.1) is 0 Å². The summed E-state index contributed by atoms with van der Waals surface area (Å²) in [5, 5.41) is 0.581. The second kappa shape index (κ2) is 8.23. The number of ether oxygens (including phenoxy) is 3.